The molecular formula is C22H24KOP. The zero-order valence-corrected chi connectivity index (χ0v) is 19.5. The molecule has 124 valence electrons. The summed E-state index contributed by atoms with van der Waals surface area (Å²) in [6.07, 6.45) is 0. The van der Waals surface area contributed by atoms with Crippen molar-refractivity contribution in [3.63, 3.8) is 0 Å². The predicted octanol–water partition coefficient (Wildman–Crippen LogP) is 0.594. The van der Waals surface area contributed by atoms with Gasteiger partial charge in [-0.05, 0) is 23.8 Å². The smallest absolute Gasteiger partial charge is 0.850 e. The Morgan fingerprint density at radius 2 is 0.760 bits per heavy atom. The van der Waals surface area contributed by atoms with Gasteiger partial charge in [-0.25, -0.2) is 0 Å². The Kier molecular flexibility index (Phi) is 10.4. The van der Waals surface area contributed by atoms with Crippen molar-refractivity contribution in [1.29, 1.82) is 0 Å². The van der Waals surface area contributed by atoms with Gasteiger partial charge in [0.15, 0.2) is 0 Å². The maximum atomic E-state index is 10.1. The molecule has 0 aromatic heterocycles. The van der Waals surface area contributed by atoms with Crippen LogP contribution in [-0.4, -0.2) is 5.60 Å². The van der Waals surface area contributed by atoms with Gasteiger partial charge in [0, 0.05) is 0 Å². The summed E-state index contributed by atoms with van der Waals surface area (Å²) in [5.41, 5.74) is -0.750. The van der Waals surface area contributed by atoms with Gasteiger partial charge in [0.1, 0.15) is 0 Å². The summed E-state index contributed by atoms with van der Waals surface area (Å²) in [6.45, 7) is 4.90. The van der Waals surface area contributed by atoms with Crippen LogP contribution >= 0.6 is 7.92 Å². The van der Waals surface area contributed by atoms with E-state index in [1.54, 1.807) is 20.8 Å². The summed E-state index contributed by atoms with van der Waals surface area (Å²) in [4.78, 5) is 0. The third kappa shape index (κ3) is 8.75. The molecule has 0 radical (unpaired) electrons. The SMILES string of the molecule is CC(C)(C)[O-].[K+].c1ccc(P(c2ccccc2)c2ccccc2)cc1. The van der Waals surface area contributed by atoms with Crippen LogP contribution in [0.2, 0.25) is 0 Å². The normalized spacial score (nSPS) is 10.4. The van der Waals surface area contributed by atoms with Crippen LogP contribution in [0.15, 0.2) is 91.0 Å². The molecule has 0 amide bonds. The Morgan fingerprint density at radius 3 is 0.960 bits per heavy atom. The molecular weight excluding hydrogens is 350 g/mol. The molecule has 0 unspecified atom stereocenters. The van der Waals surface area contributed by atoms with E-state index in [4.69, 9.17) is 0 Å². The molecule has 0 fully saturated rings. The maximum absolute atomic E-state index is 10.1. The first kappa shape index (κ1) is 22.7. The molecule has 3 aromatic rings. The monoisotopic (exact) mass is 374 g/mol. The van der Waals surface area contributed by atoms with Crippen LogP contribution in [0.4, 0.5) is 0 Å². The summed E-state index contributed by atoms with van der Waals surface area (Å²) in [6, 6.07) is 32.3. The van der Waals surface area contributed by atoms with Gasteiger partial charge in [0.2, 0.25) is 0 Å². The predicted molar refractivity (Wildman–Crippen MR) is 105 cm³/mol. The number of hydrogen-bond donors (Lipinski definition) is 0. The van der Waals surface area contributed by atoms with E-state index in [0.29, 0.717) is 0 Å². The fraction of sp³-hybridized carbons (Fsp3) is 0.182. The van der Waals surface area contributed by atoms with E-state index in [1.165, 1.54) is 15.9 Å². The summed E-state index contributed by atoms with van der Waals surface area (Å²) in [5.74, 6) is 0. The van der Waals surface area contributed by atoms with Crippen molar-refractivity contribution >= 4 is 23.8 Å². The molecule has 25 heavy (non-hydrogen) atoms. The molecule has 0 aliphatic rings. The van der Waals surface area contributed by atoms with Crippen LogP contribution in [0, 0.1) is 0 Å². The zero-order chi connectivity index (χ0) is 17.4. The summed E-state index contributed by atoms with van der Waals surface area (Å²) >= 11 is 0. The molecule has 0 heterocycles. The zero-order valence-electron chi connectivity index (χ0n) is 15.5. The van der Waals surface area contributed by atoms with Crippen molar-refractivity contribution in [2.24, 2.45) is 0 Å². The molecule has 0 aliphatic heterocycles. The van der Waals surface area contributed by atoms with E-state index >= 15 is 0 Å². The quantitative estimate of drug-likeness (QED) is 0.486. The number of hydrogen-bond acceptors (Lipinski definition) is 1. The van der Waals surface area contributed by atoms with Crippen LogP contribution in [0.25, 0.3) is 0 Å². The average molecular weight is 375 g/mol. The second kappa shape index (κ2) is 11.4. The minimum atomic E-state index is -0.750. The maximum Gasteiger partial charge on any atom is 1.00 e. The molecule has 3 heteroatoms. The molecule has 0 N–H and O–H groups in total. The van der Waals surface area contributed by atoms with Gasteiger partial charge in [-0.15, -0.1) is 5.60 Å². The topological polar surface area (TPSA) is 23.1 Å². The van der Waals surface area contributed by atoms with Gasteiger partial charge < -0.3 is 5.11 Å². The minimum Gasteiger partial charge on any atom is -0.850 e. The second-order valence-corrected chi connectivity index (χ2v) is 8.67. The summed E-state index contributed by atoms with van der Waals surface area (Å²) < 4.78 is 0. The third-order valence-electron chi connectivity index (χ3n) is 3.04. The molecule has 0 bridgehead atoms. The van der Waals surface area contributed by atoms with Gasteiger partial charge in [0.05, 0.1) is 0 Å². The first-order valence-electron chi connectivity index (χ1n) is 8.11. The number of benzene rings is 3. The fourth-order valence-corrected chi connectivity index (χ4v) is 4.48. The van der Waals surface area contributed by atoms with Crippen molar-refractivity contribution in [1.82, 2.24) is 0 Å². The standard InChI is InChI=1S/C18H15P.C4H9O.K/c1-4-10-16(11-5-1)19(17-12-6-2-7-13-17)18-14-8-3-9-15-18;1-4(2,3)5;/h1-15H;1-3H3;/q;-1;+1. The van der Waals surface area contributed by atoms with Crippen LogP contribution in [-0.2, 0) is 0 Å². The van der Waals surface area contributed by atoms with Gasteiger partial charge in [-0.2, -0.15) is 0 Å². The van der Waals surface area contributed by atoms with Gasteiger partial charge in [-0.3, -0.25) is 0 Å². The second-order valence-electron chi connectivity index (χ2n) is 6.45. The largest absolute Gasteiger partial charge is 1.00 e. The minimum absolute atomic E-state index is 0. The van der Waals surface area contributed by atoms with Gasteiger partial charge >= 0.3 is 51.4 Å². The van der Waals surface area contributed by atoms with E-state index in [9.17, 15) is 5.11 Å². The fourth-order valence-electron chi connectivity index (χ4n) is 2.18. The Labute approximate surface area is 195 Å². The first-order chi connectivity index (χ1) is 11.4. The van der Waals surface area contributed by atoms with E-state index in [0.717, 1.165) is 0 Å². The third-order valence-corrected chi connectivity index (χ3v) is 5.49. The van der Waals surface area contributed by atoms with Gasteiger partial charge in [-0.1, -0.05) is 112 Å². The molecule has 0 aliphatic carbocycles. The van der Waals surface area contributed by atoms with Crippen molar-refractivity contribution in [2.45, 2.75) is 26.4 Å². The van der Waals surface area contributed by atoms with Crippen molar-refractivity contribution in [2.75, 3.05) is 0 Å². The van der Waals surface area contributed by atoms with Crippen molar-refractivity contribution in [3.8, 4) is 0 Å². The van der Waals surface area contributed by atoms with Crippen LogP contribution in [0.5, 0.6) is 0 Å². The van der Waals surface area contributed by atoms with E-state index in [-0.39, 0.29) is 51.4 Å². The molecule has 0 atom stereocenters. The van der Waals surface area contributed by atoms with Crippen molar-refractivity contribution < 1.29 is 56.5 Å². The molecule has 0 spiro atoms. The van der Waals surface area contributed by atoms with E-state index < -0.39 is 13.5 Å². The Balaban J connectivity index is 0.000000462. The van der Waals surface area contributed by atoms with Crippen LogP contribution in [0.3, 0.4) is 0 Å². The molecule has 0 saturated carbocycles. The van der Waals surface area contributed by atoms with E-state index in [1.807, 2.05) is 0 Å². The summed E-state index contributed by atoms with van der Waals surface area (Å²) in [7, 11) is -0.446. The molecule has 3 aromatic carbocycles. The van der Waals surface area contributed by atoms with Gasteiger partial charge in [0.25, 0.3) is 0 Å². The van der Waals surface area contributed by atoms with Crippen LogP contribution < -0.4 is 72.4 Å². The molecule has 0 saturated heterocycles. The average Bonchev–Trinajstić information content (AvgIpc) is 2.57. The Hall–Kier alpha value is -0.314. The van der Waals surface area contributed by atoms with E-state index in [2.05, 4.69) is 91.0 Å². The van der Waals surface area contributed by atoms with Crippen molar-refractivity contribution in [3.05, 3.63) is 91.0 Å². The number of rotatable bonds is 3. The summed E-state index contributed by atoms with van der Waals surface area (Å²) in [5, 5.41) is 14.3. The Morgan fingerprint density at radius 1 is 0.560 bits per heavy atom. The first-order valence-corrected chi connectivity index (χ1v) is 9.45. The molecule has 3 rings (SSSR count). The molecule has 1 nitrogen and oxygen atoms in total. The van der Waals surface area contributed by atoms with Crippen LogP contribution in [0.1, 0.15) is 20.8 Å². The Bertz CT molecular complexity index is 609.